The van der Waals surface area contributed by atoms with E-state index in [1.54, 1.807) is 6.08 Å². The largest absolute Gasteiger partial charge is 0.204 e. The molecule has 0 saturated heterocycles. The zero-order valence-electron chi connectivity index (χ0n) is 15.4. The van der Waals surface area contributed by atoms with Crippen LogP contribution in [0, 0.1) is 11.8 Å². The predicted molar refractivity (Wildman–Crippen MR) is 101 cm³/mol. The van der Waals surface area contributed by atoms with Crippen molar-refractivity contribution < 1.29 is 8.78 Å². The fourth-order valence-corrected chi connectivity index (χ4v) is 1.57. The first kappa shape index (κ1) is 23.6. The monoisotopic (exact) mass is 322 g/mol. The second kappa shape index (κ2) is 12.8. The Morgan fingerprint density at radius 2 is 1.39 bits per heavy atom. The van der Waals surface area contributed by atoms with Gasteiger partial charge in [0.25, 0.3) is 0 Å². The molecule has 0 aromatic rings. The van der Waals surface area contributed by atoms with Crippen LogP contribution in [0.25, 0.3) is 0 Å². The molecule has 0 saturated carbocycles. The van der Waals surface area contributed by atoms with Gasteiger partial charge in [-0.15, -0.1) is 0 Å². The first-order valence-electron chi connectivity index (χ1n) is 8.12. The normalized spacial score (nSPS) is 12.6. The maximum absolute atomic E-state index is 13.1. The highest BCUT2D eigenvalue weighted by Gasteiger charge is 2.06. The van der Waals surface area contributed by atoms with E-state index in [-0.39, 0.29) is 0 Å². The van der Waals surface area contributed by atoms with E-state index in [4.69, 9.17) is 0 Å². The highest BCUT2D eigenvalue weighted by molar-refractivity contribution is 5.46. The fraction of sp³-hybridized carbons (Fsp3) is 0.429. The van der Waals surface area contributed by atoms with Crippen LogP contribution in [0.4, 0.5) is 8.78 Å². The van der Waals surface area contributed by atoms with Crippen LogP contribution in [0.3, 0.4) is 0 Å². The van der Waals surface area contributed by atoms with Crippen LogP contribution in [0.1, 0.15) is 47.5 Å². The molecule has 1 unspecified atom stereocenters. The van der Waals surface area contributed by atoms with E-state index in [9.17, 15) is 8.78 Å². The lowest BCUT2D eigenvalue weighted by molar-refractivity contribution is 0.494. The summed E-state index contributed by atoms with van der Waals surface area (Å²) in [5, 5.41) is 0. The molecule has 23 heavy (non-hydrogen) atoms. The Kier molecular flexibility index (Phi) is 13.1. The molecule has 0 aliphatic rings. The Balaban J connectivity index is 0. The van der Waals surface area contributed by atoms with Gasteiger partial charge in [0.1, 0.15) is 0 Å². The second-order valence-corrected chi connectivity index (χ2v) is 5.73. The van der Waals surface area contributed by atoms with Crippen molar-refractivity contribution in [3.05, 3.63) is 72.9 Å². The summed E-state index contributed by atoms with van der Waals surface area (Å²) in [7, 11) is 0. The van der Waals surface area contributed by atoms with Crippen LogP contribution in [0.15, 0.2) is 72.9 Å². The molecule has 0 heterocycles. The van der Waals surface area contributed by atoms with Crippen molar-refractivity contribution in [2.24, 2.45) is 11.8 Å². The topological polar surface area (TPSA) is 0 Å². The molecule has 130 valence electrons. The van der Waals surface area contributed by atoms with Crippen molar-refractivity contribution >= 4 is 0 Å². The van der Waals surface area contributed by atoms with Gasteiger partial charge in [0.2, 0.25) is 0 Å². The van der Waals surface area contributed by atoms with Crippen LogP contribution in [-0.2, 0) is 0 Å². The minimum atomic E-state index is -1.11. The first-order chi connectivity index (χ1) is 10.6. The Bertz CT molecular complexity index is 476. The molecule has 0 fully saturated rings. The van der Waals surface area contributed by atoms with Crippen LogP contribution >= 0.6 is 0 Å². The molecular formula is C21H32F2. The molecule has 1 atom stereocenters. The van der Waals surface area contributed by atoms with E-state index in [1.165, 1.54) is 0 Å². The fourth-order valence-electron chi connectivity index (χ4n) is 1.57. The average Bonchev–Trinajstić information content (AvgIpc) is 2.51. The number of hydrogen-bond acceptors (Lipinski definition) is 0. The standard InChI is InChI=1S/C19H26F2.C2H6/c1-13(2)8-9-14(3)15(4)10-11-16(5)17(6)12-19(21)18(7)20;1-2/h10-14H,4-9H2,1-3H3;1-2H3/b11-10-,19-12+;. The van der Waals surface area contributed by atoms with E-state index < -0.39 is 11.7 Å². The smallest absolute Gasteiger partial charge is 0.158 e. The Morgan fingerprint density at radius 1 is 0.870 bits per heavy atom. The summed E-state index contributed by atoms with van der Waals surface area (Å²) >= 11 is 0. The summed E-state index contributed by atoms with van der Waals surface area (Å²) in [6, 6.07) is 0. The summed E-state index contributed by atoms with van der Waals surface area (Å²) < 4.78 is 25.6. The van der Waals surface area contributed by atoms with E-state index in [2.05, 4.69) is 47.1 Å². The molecule has 0 aliphatic heterocycles. The van der Waals surface area contributed by atoms with Crippen molar-refractivity contribution in [1.29, 1.82) is 0 Å². The SMILES string of the molecule is C=C(/C=C\C(=C)C(C)CCC(C)C)C(=C)/C=C(/F)C(=C)F.CC. The van der Waals surface area contributed by atoms with E-state index >= 15 is 0 Å². The van der Waals surface area contributed by atoms with Crippen molar-refractivity contribution in [2.45, 2.75) is 47.5 Å². The highest BCUT2D eigenvalue weighted by atomic mass is 19.2. The Morgan fingerprint density at radius 3 is 1.83 bits per heavy atom. The third kappa shape index (κ3) is 11.5. The number of halogens is 2. The molecule has 0 nitrogen and oxygen atoms in total. The maximum atomic E-state index is 13.1. The molecule has 2 heteroatoms. The summed E-state index contributed by atoms with van der Waals surface area (Å²) in [5.74, 6) is -1.10. The van der Waals surface area contributed by atoms with Crippen LogP contribution in [0.5, 0.6) is 0 Å². The lowest BCUT2D eigenvalue weighted by Crippen LogP contribution is -1.99. The van der Waals surface area contributed by atoms with Crippen LogP contribution in [0.2, 0.25) is 0 Å². The van der Waals surface area contributed by atoms with Gasteiger partial charge in [-0.05, 0) is 35.5 Å². The van der Waals surface area contributed by atoms with Crippen LogP contribution < -0.4 is 0 Å². The van der Waals surface area contributed by atoms with Gasteiger partial charge in [-0.1, -0.05) is 85.1 Å². The predicted octanol–water partition coefficient (Wildman–Crippen LogP) is 7.65. The summed E-state index contributed by atoms with van der Waals surface area (Å²) in [6.45, 7) is 24.9. The molecular weight excluding hydrogens is 290 g/mol. The van der Waals surface area contributed by atoms with Gasteiger partial charge in [0, 0.05) is 0 Å². The molecule has 0 aromatic heterocycles. The van der Waals surface area contributed by atoms with Crippen LogP contribution in [-0.4, -0.2) is 0 Å². The molecule has 0 aliphatic carbocycles. The molecule has 0 bridgehead atoms. The van der Waals surface area contributed by atoms with Crippen molar-refractivity contribution in [3.8, 4) is 0 Å². The van der Waals surface area contributed by atoms with Gasteiger partial charge in [0.15, 0.2) is 11.7 Å². The van der Waals surface area contributed by atoms with Gasteiger partial charge < -0.3 is 0 Å². The summed E-state index contributed by atoms with van der Waals surface area (Å²) in [5.41, 5.74) is 1.82. The lowest BCUT2D eigenvalue weighted by Gasteiger charge is -2.13. The zero-order valence-corrected chi connectivity index (χ0v) is 15.4. The third-order valence-corrected chi connectivity index (χ3v) is 3.28. The number of allylic oxidation sites excluding steroid dienone is 8. The second-order valence-electron chi connectivity index (χ2n) is 5.73. The Labute approximate surface area is 141 Å². The molecule has 0 rings (SSSR count). The van der Waals surface area contributed by atoms with Gasteiger partial charge in [-0.3, -0.25) is 0 Å². The van der Waals surface area contributed by atoms with Crippen molar-refractivity contribution in [3.63, 3.8) is 0 Å². The molecule has 0 amide bonds. The van der Waals surface area contributed by atoms with E-state index in [0.717, 1.165) is 24.5 Å². The lowest BCUT2D eigenvalue weighted by atomic mass is 9.93. The molecule has 0 spiro atoms. The van der Waals surface area contributed by atoms with Gasteiger partial charge >= 0.3 is 0 Å². The molecule has 0 aromatic carbocycles. The van der Waals surface area contributed by atoms with Gasteiger partial charge in [-0.2, -0.15) is 0 Å². The highest BCUT2D eigenvalue weighted by Crippen LogP contribution is 2.21. The number of rotatable bonds is 9. The maximum Gasteiger partial charge on any atom is 0.158 e. The van der Waals surface area contributed by atoms with Gasteiger partial charge in [-0.25, -0.2) is 8.78 Å². The summed E-state index contributed by atoms with van der Waals surface area (Å²) in [6.07, 6.45) is 6.79. The quantitative estimate of drug-likeness (QED) is 0.382. The van der Waals surface area contributed by atoms with E-state index in [0.29, 0.717) is 23.0 Å². The number of hydrogen-bond donors (Lipinski definition) is 0. The molecule has 0 radical (unpaired) electrons. The van der Waals surface area contributed by atoms with Gasteiger partial charge in [0.05, 0.1) is 0 Å². The minimum absolute atomic E-state index is 0.310. The van der Waals surface area contributed by atoms with E-state index in [1.807, 2.05) is 19.9 Å². The Hall–Kier alpha value is -1.70. The van der Waals surface area contributed by atoms with Crippen molar-refractivity contribution in [2.75, 3.05) is 0 Å². The third-order valence-electron chi connectivity index (χ3n) is 3.28. The minimum Gasteiger partial charge on any atom is -0.204 e. The average molecular weight is 322 g/mol. The van der Waals surface area contributed by atoms with Crippen molar-refractivity contribution in [1.82, 2.24) is 0 Å². The molecule has 0 N–H and O–H groups in total. The first-order valence-corrected chi connectivity index (χ1v) is 8.12. The zero-order chi connectivity index (χ0) is 18.6. The summed E-state index contributed by atoms with van der Waals surface area (Å²) in [4.78, 5) is 0.